The maximum atomic E-state index is 9.11. The van der Waals surface area contributed by atoms with Crippen molar-refractivity contribution in [3.05, 3.63) is 31.8 Å². The Balaban J connectivity index is 3.47. The Labute approximate surface area is 105 Å². The molecule has 3 heteroatoms. The fourth-order valence-corrected chi connectivity index (χ4v) is 2.31. The van der Waals surface area contributed by atoms with Gasteiger partial charge in [0.1, 0.15) is 0 Å². The van der Waals surface area contributed by atoms with E-state index in [1.807, 2.05) is 0 Å². The Morgan fingerprint density at radius 1 is 1.07 bits per heavy atom. The molecule has 0 unspecified atom stereocenters. The quantitative estimate of drug-likeness (QED) is 0.556. The molecule has 0 atom stereocenters. The van der Waals surface area contributed by atoms with Crippen LogP contribution in [0.15, 0.2) is 12.1 Å². The zero-order valence-corrected chi connectivity index (χ0v) is 11.7. The maximum Gasteiger partial charge on any atom is 0.391 e. The first-order chi connectivity index (χ1) is 6.97. The Hall–Kier alpha value is -0.630. The SMILES string of the molecule is CC(C)c1cc(I)cc(C(C)C)c1[N+]#N. The smallest absolute Gasteiger partial charge is 0.0584 e. The van der Waals surface area contributed by atoms with Crippen LogP contribution in [-0.2, 0) is 0 Å². The number of diazo groups is 1. The molecule has 0 N–H and O–H groups in total. The summed E-state index contributed by atoms with van der Waals surface area (Å²) < 4.78 is 1.20. The molecule has 2 nitrogen and oxygen atoms in total. The van der Waals surface area contributed by atoms with Crippen molar-refractivity contribution in [3.63, 3.8) is 0 Å². The zero-order chi connectivity index (χ0) is 11.6. The highest BCUT2D eigenvalue weighted by Gasteiger charge is 2.24. The molecule has 0 radical (unpaired) electrons. The summed E-state index contributed by atoms with van der Waals surface area (Å²) in [6.45, 7) is 8.46. The van der Waals surface area contributed by atoms with Gasteiger partial charge in [-0.2, -0.15) is 0 Å². The molecule has 0 fully saturated rings. The van der Waals surface area contributed by atoms with Crippen molar-refractivity contribution in [2.24, 2.45) is 0 Å². The van der Waals surface area contributed by atoms with E-state index in [9.17, 15) is 0 Å². The van der Waals surface area contributed by atoms with Gasteiger partial charge in [0, 0.05) is 3.57 Å². The highest BCUT2D eigenvalue weighted by molar-refractivity contribution is 14.1. The molecular weight excluding hydrogens is 299 g/mol. The first-order valence-corrected chi connectivity index (χ1v) is 6.23. The third kappa shape index (κ3) is 2.69. The van der Waals surface area contributed by atoms with E-state index >= 15 is 0 Å². The van der Waals surface area contributed by atoms with Gasteiger partial charge in [0.2, 0.25) is 5.39 Å². The van der Waals surface area contributed by atoms with Crippen molar-refractivity contribution in [3.8, 4) is 0 Å². The summed E-state index contributed by atoms with van der Waals surface area (Å²) in [7, 11) is 0. The molecule has 80 valence electrons. The van der Waals surface area contributed by atoms with Gasteiger partial charge in [0.25, 0.3) is 0 Å². The average molecular weight is 315 g/mol. The summed E-state index contributed by atoms with van der Waals surface area (Å²) in [6.07, 6.45) is 0. The van der Waals surface area contributed by atoms with E-state index in [1.54, 1.807) is 0 Å². The zero-order valence-electron chi connectivity index (χ0n) is 9.58. The van der Waals surface area contributed by atoms with Gasteiger partial charge in [0.15, 0.2) is 4.98 Å². The average Bonchev–Trinajstić information content (AvgIpc) is 2.16. The summed E-state index contributed by atoms with van der Waals surface area (Å²) >= 11 is 2.31. The summed E-state index contributed by atoms with van der Waals surface area (Å²) in [6, 6.07) is 4.18. The lowest BCUT2D eigenvalue weighted by Crippen LogP contribution is -1.96. The van der Waals surface area contributed by atoms with Crippen molar-refractivity contribution in [1.29, 1.82) is 5.39 Å². The lowest BCUT2D eigenvalue weighted by molar-refractivity contribution is 0.839. The van der Waals surface area contributed by atoms with Crippen LogP contribution in [0, 0.1) is 8.96 Å². The normalized spacial score (nSPS) is 10.8. The summed E-state index contributed by atoms with van der Waals surface area (Å²) in [5, 5.41) is 9.11. The second kappa shape index (κ2) is 4.93. The molecule has 0 aliphatic carbocycles. The molecule has 15 heavy (non-hydrogen) atoms. The van der Waals surface area contributed by atoms with E-state index in [2.05, 4.69) is 67.4 Å². The molecule has 1 aromatic carbocycles. The summed E-state index contributed by atoms with van der Waals surface area (Å²) in [5.74, 6) is 0.756. The molecule has 0 amide bonds. The van der Waals surface area contributed by atoms with E-state index < -0.39 is 0 Å². The summed E-state index contributed by atoms with van der Waals surface area (Å²) in [4.78, 5) is 3.45. The minimum absolute atomic E-state index is 0.378. The Morgan fingerprint density at radius 2 is 1.47 bits per heavy atom. The third-order valence-electron chi connectivity index (χ3n) is 2.48. The van der Waals surface area contributed by atoms with E-state index in [-0.39, 0.29) is 0 Å². The second-order valence-corrected chi connectivity index (χ2v) is 5.59. The van der Waals surface area contributed by atoms with Gasteiger partial charge in [-0.05, 0) is 46.6 Å². The number of rotatable bonds is 2. The standard InChI is InChI=1S/C12H16IN2/c1-7(2)10-5-9(13)6-11(8(3)4)12(10)15-14/h5-8H,1-4H3/q+1. The molecule has 0 aliphatic heterocycles. The van der Waals surface area contributed by atoms with Crippen LogP contribution in [0.2, 0.25) is 0 Å². The molecule has 0 saturated heterocycles. The van der Waals surface area contributed by atoms with Gasteiger partial charge in [0.05, 0.1) is 11.1 Å². The number of hydrogen-bond acceptors (Lipinski definition) is 1. The molecule has 1 rings (SSSR count). The molecule has 0 heterocycles. The van der Waals surface area contributed by atoms with Gasteiger partial charge in [-0.3, -0.25) is 0 Å². The molecular formula is C12H16IN2+. The van der Waals surface area contributed by atoms with Gasteiger partial charge in [-0.25, -0.2) is 0 Å². The van der Waals surface area contributed by atoms with Gasteiger partial charge in [-0.15, -0.1) is 0 Å². The van der Waals surface area contributed by atoms with Crippen LogP contribution >= 0.6 is 22.6 Å². The van der Waals surface area contributed by atoms with Crippen molar-refractivity contribution < 1.29 is 0 Å². The molecule has 0 aromatic heterocycles. The molecule has 0 spiro atoms. The Morgan fingerprint density at radius 3 is 1.73 bits per heavy atom. The number of benzene rings is 1. The number of halogens is 1. The van der Waals surface area contributed by atoms with Crippen molar-refractivity contribution in [2.75, 3.05) is 0 Å². The van der Waals surface area contributed by atoms with Crippen LogP contribution < -0.4 is 0 Å². The molecule has 0 aliphatic rings. The maximum absolute atomic E-state index is 9.11. The Bertz CT molecular complexity index is 374. The monoisotopic (exact) mass is 315 g/mol. The number of hydrogen-bond donors (Lipinski definition) is 0. The molecule has 1 aromatic rings. The van der Waals surface area contributed by atoms with E-state index in [4.69, 9.17) is 5.39 Å². The van der Waals surface area contributed by atoms with Crippen LogP contribution in [-0.4, -0.2) is 0 Å². The van der Waals surface area contributed by atoms with Gasteiger partial charge < -0.3 is 0 Å². The predicted molar refractivity (Wildman–Crippen MR) is 72.1 cm³/mol. The fourth-order valence-electron chi connectivity index (χ4n) is 1.64. The Kier molecular flexibility index (Phi) is 4.09. The fraction of sp³-hybridized carbons (Fsp3) is 0.500. The third-order valence-corrected chi connectivity index (χ3v) is 3.10. The topological polar surface area (TPSA) is 28.1 Å². The van der Waals surface area contributed by atoms with Crippen LogP contribution in [0.5, 0.6) is 0 Å². The van der Waals surface area contributed by atoms with Crippen LogP contribution in [0.25, 0.3) is 4.98 Å². The second-order valence-electron chi connectivity index (χ2n) is 4.34. The first kappa shape index (κ1) is 12.4. The van der Waals surface area contributed by atoms with Crippen molar-refractivity contribution in [2.45, 2.75) is 39.5 Å². The van der Waals surface area contributed by atoms with E-state index in [0.29, 0.717) is 11.8 Å². The number of nitrogens with zero attached hydrogens (tertiary/aromatic N) is 2. The lowest BCUT2D eigenvalue weighted by Gasteiger charge is -2.08. The highest BCUT2D eigenvalue weighted by Crippen LogP contribution is 2.36. The largest absolute Gasteiger partial charge is 0.391 e. The molecule has 0 saturated carbocycles. The first-order valence-electron chi connectivity index (χ1n) is 5.15. The summed E-state index contributed by atoms with van der Waals surface area (Å²) in [5.41, 5.74) is 2.99. The van der Waals surface area contributed by atoms with Crippen LogP contribution in [0.4, 0.5) is 5.69 Å². The molecule has 0 bridgehead atoms. The van der Waals surface area contributed by atoms with Crippen molar-refractivity contribution >= 4 is 28.3 Å². The highest BCUT2D eigenvalue weighted by atomic mass is 127. The minimum atomic E-state index is 0.378. The van der Waals surface area contributed by atoms with E-state index in [0.717, 1.165) is 16.8 Å². The van der Waals surface area contributed by atoms with Crippen LogP contribution in [0.3, 0.4) is 0 Å². The van der Waals surface area contributed by atoms with Crippen molar-refractivity contribution in [1.82, 2.24) is 0 Å². The van der Waals surface area contributed by atoms with Crippen LogP contribution in [0.1, 0.15) is 50.7 Å². The van der Waals surface area contributed by atoms with Gasteiger partial charge >= 0.3 is 5.69 Å². The van der Waals surface area contributed by atoms with E-state index in [1.165, 1.54) is 3.57 Å². The lowest BCUT2D eigenvalue weighted by atomic mass is 9.93. The minimum Gasteiger partial charge on any atom is -0.0584 e. The van der Waals surface area contributed by atoms with Gasteiger partial charge in [-0.1, -0.05) is 27.7 Å². The predicted octanol–water partition coefficient (Wildman–Crippen LogP) is 5.02.